The van der Waals surface area contributed by atoms with Gasteiger partial charge in [0.2, 0.25) is 0 Å². The van der Waals surface area contributed by atoms with Crippen LogP contribution in [0.25, 0.3) is 5.69 Å². The van der Waals surface area contributed by atoms with Gasteiger partial charge < -0.3 is 4.90 Å². The lowest BCUT2D eigenvalue weighted by Crippen LogP contribution is -2.40. The molecule has 0 radical (unpaired) electrons. The van der Waals surface area contributed by atoms with Crippen LogP contribution in [0.2, 0.25) is 0 Å². The molecule has 1 saturated heterocycles. The molecular formula is C20H21FN6O3. The Bertz CT molecular complexity index is 1190. The number of hydrogen-bond donors (Lipinski definition) is 1. The maximum absolute atomic E-state index is 14.2. The van der Waals surface area contributed by atoms with Crippen molar-refractivity contribution in [2.75, 3.05) is 13.1 Å². The van der Waals surface area contributed by atoms with Gasteiger partial charge in [0.1, 0.15) is 17.3 Å². The van der Waals surface area contributed by atoms with Crippen molar-refractivity contribution in [2.45, 2.75) is 19.3 Å². The molecule has 1 aromatic carbocycles. The van der Waals surface area contributed by atoms with E-state index in [-0.39, 0.29) is 28.8 Å². The average Bonchev–Trinajstić information content (AvgIpc) is 3.10. The monoisotopic (exact) mass is 412 g/mol. The number of para-hydroxylation sites is 1. The van der Waals surface area contributed by atoms with Crippen LogP contribution < -0.4 is 11.2 Å². The Balaban J connectivity index is 1.44. The number of carbonyl (C=O) groups excluding carboxylic acids is 1. The zero-order chi connectivity index (χ0) is 21.3. The van der Waals surface area contributed by atoms with Crippen molar-refractivity contribution in [1.29, 1.82) is 0 Å². The number of rotatable bonds is 4. The molecule has 1 N–H and O–H groups in total. The summed E-state index contributed by atoms with van der Waals surface area (Å²) >= 11 is 0. The highest BCUT2D eigenvalue weighted by atomic mass is 19.1. The summed E-state index contributed by atoms with van der Waals surface area (Å²) in [5, 5.41) is 10.5. The molecule has 1 amide bonds. The van der Waals surface area contributed by atoms with Crippen LogP contribution >= 0.6 is 0 Å². The van der Waals surface area contributed by atoms with E-state index >= 15 is 0 Å². The second-order valence-electron chi connectivity index (χ2n) is 7.35. The number of nitrogens with zero attached hydrogens (tertiary/aromatic N) is 5. The second-order valence-corrected chi connectivity index (χ2v) is 7.35. The van der Waals surface area contributed by atoms with E-state index in [1.807, 2.05) is 0 Å². The molecule has 10 heteroatoms. The molecule has 0 atom stereocenters. The second kappa shape index (κ2) is 8.05. The first-order valence-corrected chi connectivity index (χ1v) is 9.69. The Hall–Kier alpha value is -3.56. The number of likely N-dealkylation sites (tertiary alicyclic amines) is 1. The molecule has 0 aliphatic carbocycles. The van der Waals surface area contributed by atoms with Crippen molar-refractivity contribution in [3.05, 3.63) is 74.6 Å². The summed E-state index contributed by atoms with van der Waals surface area (Å²) in [6, 6.07) is 8.84. The predicted octanol–water partition coefficient (Wildman–Crippen LogP) is 0.888. The fourth-order valence-corrected chi connectivity index (χ4v) is 3.72. The average molecular weight is 412 g/mol. The first kappa shape index (κ1) is 19.7. The fourth-order valence-electron chi connectivity index (χ4n) is 3.72. The van der Waals surface area contributed by atoms with Gasteiger partial charge in [0.25, 0.3) is 11.5 Å². The van der Waals surface area contributed by atoms with Crippen LogP contribution in [0.4, 0.5) is 4.39 Å². The summed E-state index contributed by atoms with van der Waals surface area (Å²) in [6.45, 7) is 1.06. The Morgan fingerprint density at radius 1 is 1.17 bits per heavy atom. The molecule has 3 heterocycles. The van der Waals surface area contributed by atoms with E-state index in [0.29, 0.717) is 25.3 Å². The third kappa shape index (κ3) is 3.80. The zero-order valence-electron chi connectivity index (χ0n) is 16.4. The molecule has 0 spiro atoms. The highest BCUT2D eigenvalue weighted by molar-refractivity contribution is 5.92. The summed E-state index contributed by atoms with van der Waals surface area (Å²) in [6.07, 6.45) is 1.93. The first-order chi connectivity index (χ1) is 14.4. The molecule has 0 unspecified atom stereocenters. The Morgan fingerprint density at radius 2 is 1.90 bits per heavy atom. The summed E-state index contributed by atoms with van der Waals surface area (Å²) in [5.74, 6) is -0.0445. The Morgan fingerprint density at radius 3 is 2.60 bits per heavy atom. The van der Waals surface area contributed by atoms with Gasteiger partial charge in [-0.25, -0.2) is 23.5 Å². The number of amides is 1. The molecule has 3 aromatic rings. The zero-order valence-corrected chi connectivity index (χ0v) is 16.4. The summed E-state index contributed by atoms with van der Waals surface area (Å²) in [5.41, 5.74) is -0.357. The number of piperidine rings is 1. The molecule has 156 valence electrons. The normalized spacial score (nSPS) is 14.8. The summed E-state index contributed by atoms with van der Waals surface area (Å²) in [7, 11) is 1.50. The van der Waals surface area contributed by atoms with E-state index in [4.69, 9.17) is 0 Å². The molecule has 1 aliphatic heterocycles. The maximum atomic E-state index is 14.2. The summed E-state index contributed by atoms with van der Waals surface area (Å²) in [4.78, 5) is 38.0. The number of benzene rings is 1. The van der Waals surface area contributed by atoms with Crippen LogP contribution in [0, 0.1) is 11.7 Å². The predicted molar refractivity (Wildman–Crippen MR) is 106 cm³/mol. The minimum Gasteiger partial charge on any atom is -0.337 e. The van der Waals surface area contributed by atoms with Gasteiger partial charge in [-0.15, -0.1) is 0 Å². The van der Waals surface area contributed by atoms with Crippen LogP contribution in [-0.4, -0.2) is 48.4 Å². The molecule has 1 fully saturated rings. The Kier molecular flexibility index (Phi) is 5.30. The number of aryl methyl sites for hydroxylation is 1. The molecule has 9 nitrogen and oxygen atoms in total. The minimum absolute atomic E-state index is 0.166. The van der Waals surface area contributed by atoms with Gasteiger partial charge in [-0.05, 0) is 37.0 Å². The Labute approximate surface area is 170 Å². The fraction of sp³-hybridized carbons (Fsp3) is 0.350. The number of aromatic nitrogens is 5. The molecule has 0 saturated carbocycles. The van der Waals surface area contributed by atoms with E-state index in [1.165, 1.54) is 35.9 Å². The van der Waals surface area contributed by atoms with Crippen molar-refractivity contribution in [3.63, 3.8) is 0 Å². The number of aromatic amines is 1. The largest absolute Gasteiger partial charge is 0.348 e. The number of nitrogens with one attached hydrogen (secondary N) is 1. The molecule has 30 heavy (non-hydrogen) atoms. The van der Waals surface area contributed by atoms with Gasteiger partial charge in [-0.2, -0.15) is 10.2 Å². The topological polar surface area (TPSA) is 106 Å². The van der Waals surface area contributed by atoms with Crippen molar-refractivity contribution >= 4 is 5.91 Å². The lowest BCUT2D eigenvalue weighted by Gasteiger charge is -2.31. The lowest BCUT2D eigenvalue weighted by atomic mass is 9.93. The lowest BCUT2D eigenvalue weighted by molar-refractivity contribution is 0.0681. The van der Waals surface area contributed by atoms with Crippen LogP contribution in [0.3, 0.4) is 0 Å². The van der Waals surface area contributed by atoms with Crippen molar-refractivity contribution < 1.29 is 9.18 Å². The van der Waals surface area contributed by atoms with E-state index in [2.05, 4.69) is 15.3 Å². The van der Waals surface area contributed by atoms with Gasteiger partial charge in [-0.1, -0.05) is 12.1 Å². The molecular weight excluding hydrogens is 391 g/mol. The van der Waals surface area contributed by atoms with Gasteiger partial charge in [-0.3, -0.25) is 9.59 Å². The SMILES string of the molecule is Cn1nc(C(=O)N2CCC(Cc3n[nH]c(=O)n3-c3ccccc3F)CC2)ccc1=O. The number of halogens is 1. The van der Waals surface area contributed by atoms with Crippen molar-refractivity contribution in [2.24, 2.45) is 13.0 Å². The summed E-state index contributed by atoms with van der Waals surface area (Å²) < 4.78 is 16.6. The van der Waals surface area contributed by atoms with Crippen LogP contribution in [-0.2, 0) is 13.5 Å². The smallest absolute Gasteiger partial charge is 0.337 e. The standard InChI is InChI=1S/C20H21FN6O3/c1-25-18(28)7-6-15(24-25)19(29)26-10-8-13(9-11-26)12-17-22-23-20(30)27(17)16-5-3-2-4-14(16)21/h2-7,13H,8-12H2,1H3,(H,23,30). The van der Waals surface area contributed by atoms with Crippen molar-refractivity contribution in [1.82, 2.24) is 29.4 Å². The number of H-pyrrole nitrogens is 1. The third-order valence-corrected chi connectivity index (χ3v) is 5.39. The molecule has 0 bridgehead atoms. The number of hydrogen-bond acceptors (Lipinski definition) is 5. The molecule has 1 aliphatic rings. The van der Waals surface area contributed by atoms with E-state index in [9.17, 15) is 18.8 Å². The van der Waals surface area contributed by atoms with Crippen LogP contribution in [0.1, 0.15) is 29.2 Å². The van der Waals surface area contributed by atoms with E-state index in [1.54, 1.807) is 17.0 Å². The highest BCUT2D eigenvalue weighted by Crippen LogP contribution is 2.23. The van der Waals surface area contributed by atoms with Gasteiger partial charge in [0.15, 0.2) is 0 Å². The first-order valence-electron chi connectivity index (χ1n) is 9.69. The van der Waals surface area contributed by atoms with Crippen LogP contribution in [0.5, 0.6) is 0 Å². The quantitative estimate of drug-likeness (QED) is 0.685. The van der Waals surface area contributed by atoms with Gasteiger partial charge in [0, 0.05) is 32.6 Å². The van der Waals surface area contributed by atoms with Gasteiger partial charge >= 0.3 is 5.69 Å². The molecule has 2 aromatic heterocycles. The minimum atomic E-state index is -0.493. The number of carbonyl (C=O) groups is 1. The third-order valence-electron chi connectivity index (χ3n) is 5.39. The van der Waals surface area contributed by atoms with Gasteiger partial charge in [0.05, 0.1) is 5.69 Å². The van der Waals surface area contributed by atoms with E-state index in [0.717, 1.165) is 17.5 Å². The molecule has 4 rings (SSSR count). The maximum Gasteiger partial charge on any atom is 0.348 e. The van der Waals surface area contributed by atoms with Crippen molar-refractivity contribution in [3.8, 4) is 5.69 Å². The highest BCUT2D eigenvalue weighted by Gasteiger charge is 2.26. The van der Waals surface area contributed by atoms with Crippen LogP contribution in [0.15, 0.2) is 46.0 Å². The van der Waals surface area contributed by atoms with E-state index < -0.39 is 11.5 Å².